The van der Waals surface area contributed by atoms with Crippen LogP contribution in [0, 0.1) is 0 Å². The molecule has 4 nitrogen and oxygen atoms in total. The predicted octanol–water partition coefficient (Wildman–Crippen LogP) is 7.35. The van der Waals surface area contributed by atoms with E-state index >= 15 is 4.39 Å². The molecule has 1 fully saturated rings. The minimum atomic E-state index is -1.67. The minimum absolute atomic E-state index is 0.0910. The first-order chi connectivity index (χ1) is 14.8. The van der Waals surface area contributed by atoms with E-state index in [9.17, 15) is 9.59 Å². The Hall–Kier alpha value is -2.08. The van der Waals surface area contributed by atoms with Gasteiger partial charge in [0.2, 0.25) is 0 Å². The Bertz CT molecular complexity index is 1060. The lowest BCUT2D eigenvalue weighted by Gasteiger charge is -2.44. The third kappa shape index (κ3) is 5.45. The van der Waals surface area contributed by atoms with Gasteiger partial charge in [-0.15, -0.1) is 0 Å². The van der Waals surface area contributed by atoms with Crippen LogP contribution in [0.2, 0.25) is 15.1 Å². The molecule has 2 aromatic carbocycles. The number of carbonyl (C=O) groups is 2. The highest BCUT2D eigenvalue weighted by Crippen LogP contribution is 2.37. The van der Waals surface area contributed by atoms with Crippen molar-refractivity contribution in [3.63, 3.8) is 0 Å². The molecule has 0 spiro atoms. The maximum absolute atomic E-state index is 15.2. The molecule has 2 aromatic rings. The van der Waals surface area contributed by atoms with E-state index in [1.807, 2.05) is 0 Å². The maximum Gasteiger partial charge on any atom is 0.410 e. The van der Waals surface area contributed by atoms with Gasteiger partial charge >= 0.3 is 6.09 Å². The van der Waals surface area contributed by atoms with Crippen molar-refractivity contribution < 1.29 is 18.7 Å². The number of ketones is 1. The molecule has 1 aliphatic rings. The summed E-state index contributed by atoms with van der Waals surface area (Å²) < 4.78 is 20.4. The molecule has 1 saturated heterocycles. The van der Waals surface area contributed by atoms with Crippen LogP contribution in [0.4, 0.5) is 9.18 Å². The van der Waals surface area contributed by atoms with Gasteiger partial charge in [0, 0.05) is 5.56 Å². The Balaban J connectivity index is 1.69. The van der Waals surface area contributed by atoms with E-state index in [1.165, 1.54) is 11.0 Å². The Morgan fingerprint density at radius 1 is 1.03 bits per heavy atom. The van der Waals surface area contributed by atoms with Crippen LogP contribution in [-0.4, -0.2) is 35.5 Å². The fourth-order valence-electron chi connectivity index (χ4n) is 3.28. The average molecular weight is 499 g/mol. The number of hydrogen-bond donors (Lipinski definition) is 0. The highest BCUT2D eigenvalue weighted by Gasteiger charge is 2.48. The topological polar surface area (TPSA) is 46.6 Å². The second kappa shape index (κ2) is 9.05. The Morgan fingerprint density at radius 3 is 2.06 bits per heavy atom. The van der Waals surface area contributed by atoms with Crippen LogP contribution in [0.5, 0.6) is 0 Å². The van der Waals surface area contributed by atoms with Gasteiger partial charge < -0.3 is 9.64 Å². The van der Waals surface area contributed by atoms with Crippen LogP contribution in [0.25, 0.3) is 5.57 Å². The Labute approximate surface area is 201 Å². The van der Waals surface area contributed by atoms with E-state index in [0.717, 1.165) is 0 Å². The van der Waals surface area contributed by atoms with Crippen molar-refractivity contribution in [3.05, 3.63) is 74.2 Å². The van der Waals surface area contributed by atoms with E-state index in [-0.39, 0.29) is 23.9 Å². The van der Waals surface area contributed by atoms with Crippen molar-refractivity contribution in [1.82, 2.24) is 4.90 Å². The molecule has 1 heterocycles. The zero-order valence-electron chi connectivity index (χ0n) is 18.1. The number of rotatable bonds is 4. The van der Waals surface area contributed by atoms with Gasteiger partial charge in [0.25, 0.3) is 0 Å². The molecule has 170 valence electrons. The maximum atomic E-state index is 15.2. The Morgan fingerprint density at radius 2 is 1.56 bits per heavy atom. The normalized spacial score (nSPS) is 15.9. The average Bonchev–Trinajstić information content (AvgIpc) is 2.67. The van der Waals surface area contributed by atoms with Gasteiger partial charge in [-0.25, -0.2) is 9.18 Å². The number of alkyl halides is 1. The van der Waals surface area contributed by atoms with Crippen LogP contribution < -0.4 is 0 Å². The van der Waals surface area contributed by atoms with Crippen LogP contribution in [0.3, 0.4) is 0 Å². The third-order valence-electron chi connectivity index (χ3n) is 5.01. The SMILES string of the molecule is C/C(=C/C(=O)c1ccc(C2(F)CN(C(=O)OC(C)(C)C)C2)cc1)c1cc(Cl)c(Cl)c(Cl)c1. The van der Waals surface area contributed by atoms with Crippen molar-refractivity contribution in [1.29, 1.82) is 0 Å². The second-order valence-corrected chi connectivity index (χ2v) is 10.0. The summed E-state index contributed by atoms with van der Waals surface area (Å²) in [5.74, 6) is -0.242. The number of halogens is 4. The number of carbonyl (C=O) groups excluding carboxylic acids is 2. The smallest absolute Gasteiger partial charge is 0.410 e. The van der Waals surface area contributed by atoms with Gasteiger partial charge in [-0.2, -0.15) is 0 Å². The fraction of sp³-hybridized carbons (Fsp3) is 0.333. The van der Waals surface area contributed by atoms with Crippen molar-refractivity contribution >= 4 is 52.3 Å². The lowest BCUT2D eigenvalue weighted by atomic mass is 9.87. The molecule has 8 heteroatoms. The molecular formula is C24H23Cl3FNO3. The van der Waals surface area contributed by atoms with Crippen LogP contribution in [0.15, 0.2) is 42.5 Å². The monoisotopic (exact) mass is 497 g/mol. The van der Waals surface area contributed by atoms with Gasteiger partial charge in [0.15, 0.2) is 11.5 Å². The summed E-state index contributed by atoms with van der Waals surface area (Å²) >= 11 is 18.1. The number of nitrogens with zero attached hydrogens (tertiary/aromatic N) is 1. The quantitative estimate of drug-likeness (QED) is 0.251. The van der Waals surface area contributed by atoms with E-state index in [4.69, 9.17) is 39.5 Å². The van der Waals surface area contributed by atoms with E-state index in [1.54, 1.807) is 64.1 Å². The van der Waals surface area contributed by atoms with Crippen molar-refractivity contribution in [2.24, 2.45) is 0 Å². The molecule has 0 aromatic heterocycles. The molecule has 0 atom stereocenters. The van der Waals surface area contributed by atoms with Crippen LogP contribution in [-0.2, 0) is 10.4 Å². The fourth-order valence-corrected chi connectivity index (χ4v) is 3.87. The first-order valence-corrected chi connectivity index (χ1v) is 11.1. The highest BCUT2D eigenvalue weighted by atomic mass is 35.5. The van der Waals surface area contributed by atoms with Gasteiger partial charge in [-0.3, -0.25) is 4.79 Å². The zero-order chi connectivity index (χ0) is 23.8. The number of benzene rings is 2. The molecule has 0 unspecified atom stereocenters. The van der Waals surface area contributed by atoms with Gasteiger partial charge in [-0.1, -0.05) is 59.1 Å². The van der Waals surface area contributed by atoms with E-state index in [0.29, 0.717) is 32.3 Å². The summed E-state index contributed by atoms with van der Waals surface area (Å²) in [7, 11) is 0. The van der Waals surface area contributed by atoms with Gasteiger partial charge in [0.05, 0.1) is 28.2 Å². The lowest BCUT2D eigenvalue weighted by molar-refractivity contribution is -0.0537. The van der Waals surface area contributed by atoms with Gasteiger partial charge in [0.1, 0.15) is 5.60 Å². The molecule has 1 aliphatic heterocycles. The lowest BCUT2D eigenvalue weighted by Crippen LogP contribution is -2.59. The molecule has 1 amide bonds. The molecule has 32 heavy (non-hydrogen) atoms. The van der Waals surface area contributed by atoms with Gasteiger partial charge in [-0.05, 0) is 62.6 Å². The van der Waals surface area contributed by atoms with E-state index in [2.05, 4.69) is 0 Å². The first-order valence-electron chi connectivity index (χ1n) is 9.94. The highest BCUT2D eigenvalue weighted by molar-refractivity contribution is 6.48. The summed E-state index contributed by atoms with van der Waals surface area (Å²) in [6.07, 6.45) is 0.921. The minimum Gasteiger partial charge on any atom is -0.444 e. The molecule has 0 N–H and O–H groups in total. The number of likely N-dealkylation sites (tertiary alicyclic amines) is 1. The first kappa shape index (κ1) is 24.6. The number of amides is 1. The van der Waals surface area contributed by atoms with Crippen LogP contribution >= 0.6 is 34.8 Å². The molecule has 0 saturated carbocycles. The van der Waals surface area contributed by atoms with Crippen molar-refractivity contribution in [2.75, 3.05) is 13.1 Å². The van der Waals surface area contributed by atoms with E-state index < -0.39 is 17.4 Å². The Kier molecular flexibility index (Phi) is 6.94. The summed E-state index contributed by atoms with van der Waals surface area (Å²) in [6.45, 7) is 6.86. The zero-order valence-corrected chi connectivity index (χ0v) is 20.4. The van der Waals surface area contributed by atoms with Crippen molar-refractivity contribution in [2.45, 2.75) is 39.0 Å². The molecule has 0 bridgehead atoms. The molecular weight excluding hydrogens is 476 g/mol. The molecule has 3 rings (SSSR count). The number of ether oxygens (including phenoxy) is 1. The second-order valence-electron chi connectivity index (χ2n) is 8.82. The van der Waals surface area contributed by atoms with Crippen molar-refractivity contribution in [3.8, 4) is 0 Å². The summed E-state index contributed by atoms with van der Waals surface area (Å²) in [5, 5.41) is 0.856. The standard InChI is InChI=1S/C24H23Cl3FNO3/c1-14(16-10-18(25)21(27)19(26)11-16)9-20(30)15-5-7-17(8-6-15)24(28)12-29(13-24)22(31)32-23(2,3)4/h5-11H,12-13H2,1-4H3/b14-9-. The van der Waals surface area contributed by atoms with Crippen LogP contribution in [0.1, 0.15) is 49.2 Å². The summed E-state index contributed by atoms with van der Waals surface area (Å²) in [5.41, 5.74) is -0.150. The molecule has 0 radical (unpaired) electrons. The summed E-state index contributed by atoms with van der Waals surface area (Å²) in [4.78, 5) is 26.0. The largest absolute Gasteiger partial charge is 0.444 e. The predicted molar refractivity (Wildman–Crippen MR) is 126 cm³/mol. The number of hydrogen-bond acceptors (Lipinski definition) is 3. The third-order valence-corrected chi connectivity index (χ3v) is 6.21. The molecule has 0 aliphatic carbocycles. The summed E-state index contributed by atoms with van der Waals surface area (Å²) in [6, 6.07) is 9.55. The number of allylic oxidation sites excluding steroid dienone is 2.